The van der Waals surface area contributed by atoms with Crippen molar-refractivity contribution in [2.24, 2.45) is 5.73 Å². The smallest absolute Gasteiger partial charge is 0.320 e. The van der Waals surface area contributed by atoms with E-state index < -0.39 is 12.4 Å². The SMILES string of the molecule is NCc1cccc(F)c1OCc1nccn1C(F)F. The van der Waals surface area contributed by atoms with E-state index >= 15 is 0 Å². The van der Waals surface area contributed by atoms with Gasteiger partial charge < -0.3 is 10.5 Å². The number of nitrogens with two attached hydrogens (primary N) is 1. The fourth-order valence-corrected chi connectivity index (χ4v) is 1.65. The van der Waals surface area contributed by atoms with Crippen molar-refractivity contribution < 1.29 is 17.9 Å². The predicted molar refractivity (Wildman–Crippen MR) is 62.1 cm³/mol. The zero-order valence-corrected chi connectivity index (χ0v) is 9.89. The number of halogens is 3. The van der Waals surface area contributed by atoms with Gasteiger partial charge in [-0.25, -0.2) is 9.37 Å². The van der Waals surface area contributed by atoms with E-state index in [9.17, 15) is 13.2 Å². The molecule has 0 aliphatic carbocycles. The number of rotatable bonds is 5. The maximum absolute atomic E-state index is 13.6. The van der Waals surface area contributed by atoms with Gasteiger partial charge in [-0.3, -0.25) is 4.57 Å². The van der Waals surface area contributed by atoms with Crippen LogP contribution in [0.5, 0.6) is 5.75 Å². The maximum atomic E-state index is 13.6. The lowest BCUT2D eigenvalue weighted by Gasteiger charge is -2.12. The van der Waals surface area contributed by atoms with Crippen molar-refractivity contribution in [3.8, 4) is 5.75 Å². The molecule has 0 saturated carbocycles. The number of benzene rings is 1. The molecule has 0 spiro atoms. The van der Waals surface area contributed by atoms with Crippen LogP contribution in [0.15, 0.2) is 30.6 Å². The Hall–Kier alpha value is -2.02. The standard InChI is InChI=1S/C12H12F3N3O/c13-9-3-1-2-8(6-16)11(9)19-7-10-17-4-5-18(10)12(14)15/h1-5,12H,6-7,16H2. The summed E-state index contributed by atoms with van der Waals surface area (Å²) in [5, 5.41) is 0. The van der Waals surface area contributed by atoms with E-state index in [1.54, 1.807) is 6.07 Å². The Labute approximate surface area is 107 Å². The van der Waals surface area contributed by atoms with Crippen LogP contribution in [0.3, 0.4) is 0 Å². The summed E-state index contributed by atoms with van der Waals surface area (Å²) in [6.07, 6.45) is 2.37. The predicted octanol–water partition coefficient (Wildman–Crippen LogP) is 2.46. The van der Waals surface area contributed by atoms with Gasteiger partial charge in [-0.05, 0) is 6.07 Å². The first-order chi connectivity index (χ1) is 9.13. The molecule has 0 aliphatic heterocycles. The lowest BCUT2D eigenvalue weighted by molar-refractivity contribution is 0.0630. The van der Waals surface area contributed by atoms with Crippen molar-refractivity contribution in [1.29, 1.82) is 0 Å². The van der Waals surface area contributed by atoms with Gasteiger partial charge in [-0.1, -0.05) is 12.1 Å². The zero-order chi connectivity index (χ0) is 13.8. The second-order valence-electron chi connectivity index (χ2n) is 3.75. The first kappa shape index (κ1) is 13.4. The Morgan fingerprint density at radius 1 is 1.37 bits per heavy atom. The number of aromatic nitrogens is 2. The molecular weight excluding hydrogens is 259 g/mol. The molecule has 2 N–H and O–H groups in total. The van der Waals surface area contributed by atoms with Gasteiger partial charge in [0, 0.05) is 24.5 Å². The summed E-state index contributed by atoms with van der Waals surface area (Å²) in [5.74, 6) is -0.604. The molecule has 7 heteroatoms. The Kier molecular flexibility index (Phi) is 4.06. The van der Waals surface area contributed by atoms with Crippen LogP contribution in [0.4, 0.5) is 13.2 Å². The van der Waals surface area contributed by atoms with E-state index in [1.165, 1.54) is 18.3 Å². The first-order valence-electron chi connectivity index (χ1n) is 5.53. The minimum Gasteiger partial charge on any atom is -0.482 e. The summed E-state index contributed by atoms with van der Waals surface area (Å²) < 4.78 is 44.6. The van der Waals surface area contributed by atoms with Crippen molar-refractivity contribution in [3.05, 3.63) is 47.8 Å². The van der Waals surface area contributed by atoms with Crippen LogP contribution in [0.2, 0.25) is 0 Å². The van der Waals surface area contributed by atoms with Crippen LogP contribution in [-0.4, -0.2) is 9.55 Å². The van der Waals surface area contributed by atoms with Gasteiger partial charge in [0.1, 0.15) is 6.61 Å². The average Bonchev–Trinajstić information content (AvgIpc) is 2.85. The van der Waals surface area contributed by atoms with Crippen LogP contribution in [0.25, 0.3) is 0 Å². The van der Waals surface area contributed by atoms with Crippen molar-refractivity contribution in [2.45, 2.75) is 19.7 Å². The number of alkyl halides is 2. The molecule has 19 heavy (non-hydrogen) atoms. The molecule has 1 aromatic carbocycles. The summed E-state index contributed by atoms with van der Waals surface area (Å²) in [5.41, 5.74) is 5.93. The van der Waals surface area contributed by atoms with Crippen LogP contribution in [0, 0.1) is 5.82 Å². The largest absolute Gasteiger partial charge is 0.482 e. The van der Waals surface area contributed by atoms with Gasteiger partial charge in [0.25, 0.3) is 0 Å². The number of hydrogen-bond donors (Lipinski definition) is 1. The molecule has 2 aromatic rings. The van der Waals surface area contributed by atoms with Crippen molar-refractivity contribution in [3.63, 3.8) is 0 Å². The van der Waals surface area contributed by atoms with E-state index in [1.807, 2.05) is 0 Å². The highest BCUT2D eigenvalue weighted by Gasteiger charge is 2.14. The Morgan fingerprint density at radius 3 is 2.84 bits per heavy atom. The molecule has 0 atom stereocenters. The molecule has 1 heterocycles. The van der Waals surface area contributed by atoms with Gasteiger partial charge in [0.05, 0.1) is 0 Å². The number of para-hydroxylation sites is 1. The third-order valence-electron chi connectivity index (χ3n) is 2.57. The summed E-state index contributed by atoms with van der Waals surface area (Å²) in [6, 6.07) is 4.33. The van der Waals surface area contributed by atoms with E-state index in [0.29, 0.717) is 10.1 Å². The fourth-order valence-electron chi connectivity index (χ4n) is 1.65. The van der Waals surface area contributed by atoms with Crippen molar-refractivity contribution in [1.82, 2.24) is 9.55 Å². The maximum Gasteiger partial charge on any atom is 0.320 e. The zero-order valence-electron chi connectivity index (χ0n) is 9.89. The number of imidazole rings is 1. The van der Waals surface area contributed by atoms with Gasteiger partial charge in [-0.15, -0.1) is 0 Å². The second-order valence-corrected chi connectivity index (χ2v) is 3.75. The van der Waals surface area contributed by atoms with Gasteiger partial charge in [0.15, 0.2) is 17.4 Å². The second kappa shape index (κ2) is 5.75. The van der Waals surface area contributed by atoms with Crippen LogP contribution < -0.4 is 10.5 Å². The van der Waals surface area contributed by atoms with Crippen LogP contribution in [0.1, 0.15) is 17.9 Å². The monoisotopic (exact) mass is 271 g/mol. The third kappa shape index (κ3) is 2.87. The van der Waals surface area contributed by atoms with Gasteiger partial charge >= 0.3 is 6.55 Å². The Bertz CT molecular complexity index is 557. The Balaban J connectivity index is 2.17. The molecule has 4 nitrogen and oxygen atoms in total. The van der Waals surface area contributed by atoms with Crippen molar-refractivity contribution >= 4 is 0 Å². The number of ether oxygens (including phenoxy) is 1. The van der Waals surface area contributed by atoms with E-state index in [0.717, 1.165) is 6.20 Å². The molecule has 0 fully saturated rings. The van der Waals surface area contributed by atoms with Crippen molar-refractivity contribution in [2.75, 3.05) is 0 Å². The molecule has 0 bridgehead atoms. The third-order valence-corrected chi connectivity index (χ3v) is 2.57. The summed E-state index contributed by atoms with van der Waals surface area (Å²) in [6.45, 7) is -2.88. The molecule has 2 rings (SSSR count). The van der Waals surface area contributed by atoms with Gasteiger partial charge in [0.2, 0.25) is 0 Å². The van der Waals surface area contributed by atoms with Crippen LogP contribution in [-0.2, 0) is 13.2 Å². The molecular formula is C12H12F3N3O. The molecule has 0 saturated heterocycles. The quantitative estimate of drug-likeness (QED) is 0.908. The minimum atomic E-state index is -2.71. The average molecular weight is 271 g/mol. The van der Waals surface area contributed by atoms with E-state index in [2.05, 4.69) is 4.98 Å². The lowest BCUT2D eigenvalue weighted by atomic mass is 10.2. The molecule has 0 unspecified atom stereocenters. The highest BCUT2D eigenvalue weighted by Crippen LogP contribution is 2.23. The lowest BCUT2D eigenvalue weighted by Crippen LogP contribution is -2.09. The van der Waals surface area contributed by atoms with E-state index in [4.69, 9.17) is 10.5 Å². The Morgan fingerprint density at radius 2 is 2.16 bits per heavy atom. The highest BCUT2D eigenvalue weighted by molar-refractivity contribution is 5.34. The number of hydrogen-bond acceptors (Lipinski definition) is 3. The van der Waals surface area contributed by atoms with E-state index in [-0.39, 0.29) is 24.7 Å². The normalized spacial score (nSPS) is 11.0. The first-order valence-corrected chi connectivity index (χ1v) is 5.53. The molecule has 0 aliphatic rings. The molecule has 1 aromatic heterocycles. The summed E-state index contributed by atoms with van der Waals surface area (Å²) in [7, 11) is 0. The molecule has 102 valence electrons. The molecule has 0 amide bonds. The summed E-state index contributed by atoms with van der Waals surface area (Å²) >= 11 is 0. The van der Waals surface area contributed by atoms with Crippen LogP contribution >= 0.6 is 0 Å². The molecule has 0 radical (unpaired) electrons. The van der Waals surface area contributed by atoms with Gasteiger partial charge in [-0.2, -0.15) is 8.78 Å². The summed E-state index contributed by atoms with van der Waals surface area (Å²) in [4.78, 5) is 3.74. The fraction of sp³-hybridized carbons (Fsp3) is 0.250. The topological polar surface area (TPSA) is 53.1 Å². The number of nitrogens with zero attached hydrogens (tertiary/aromatic N) is 2. The highest BCUT2D eigenvalue weighted by atomic mass is 19.3. The minimum absolute atomic E-state index is 0.0150.